The molecular weight excluding hydrogens is 271 g/mol. The Kier molecular flexibility index (Phi) is 5.56. The van der Waals surface area contributed by atoms with Crippen molar-refractivity contribution in [3.8, 4) is 5.75 Å². The number of rotatable bonds is 6. The van der Waals surface area contributed by atoms with Gasteiger partial charge in [0.15, 0.2) is 0 Å². The van der Waals surface area contributed by atoms with E-state index in [4.69, 9.17) is 10.5 Å². The van der Waals surface area contributed by atoms with Gasteiger partial charge in [-0.2, -0.15) is 0 Å². The Labute approximate surface area is 124 Å². The van der Waals surface area contributed by atoms with E-state index in [1.165, 1.54) is 12.1 Å². The molecule has 1 saturated carbocycles. The standard InChI is InChI=1S/C16H23FN2O2/c1-11(21-14-6-3-5-13(17)8-14)10-19-16(20)15-7-2-4-12(15)9-18/h3,5-6,8,11-12,15H,2,4,7,9-10,18H2,1H3,(H,19,20)/t11?,12-,15-/m1/s1. The number of hydrogen-bond donors (Lipinski definition) is 2. The lowest BCUT2D eigenvalue weighted by molar-refractivity contribution is -0.126. The second-order valence-corrected chi connectivity index (χ2v) is 5.66. The fourth-order valence-corrected chi connectivity index (χ4v) is 2.85. The number of carbonyl (C=O) groups is 1. The molecule has 116 valence electrons. The van der Waals surface area contributed by atoms with Crippen LogP contribution in [0.3, 0.4) is 0 Å². The van der Waals surface area contributed by atoms with Crippen molar-refractivity contribution in [1.82, 2.24) is 5.32 Å². The van der Waals surface area contributed by atoms with Crippen molar-refractivity contribution in [1.29, 1.82) is 0 Å². The smallest absolute Gasteiger partial charge is 0.223 e. The van der Waals surface area contributed by atoms with Gasteiger partial charge < -0.3 is 15.8 Å². The van der Waals surface area contributed by atoms with Gasteiger partial charge in [-0.05, 0) is 44.4 Å². The summed E-state index contributed by atoms with van der Waals surface area (Å²) in [6.07, 6.45) is 2.79. The second-order valence-electron chi connectivity index (χ2n) is 5.66. The summed E-state index contributed by atoms with van der Waals surface area (Å²) in [5.41, 5.74) is 5.69. The highest BCUT2D eigenvalue weighted by Crippen LogP contribution is 2.30. The number of nitrogens with two attached hydrogens (primary N) is 1. The lowest BCUT2D eigenvalue weighted by atomic mass is 9.95. The molecule has 1 amide bonds. The van der Waals surface area contributed by atoms with Gasteiger partial charge in [0.05, 0.1) is 6.54 Å². The molecule has 0 aromatic heterocycles. The molecule has 1 unspecified atom stereocenters. The van der Waals surface area contributed by atoms with E-state index in [2.05, 4.69) is 5.32 Å². The predicted molar refractivity (Wildman–Crippen MR) is 79.4 cm³/mol. The van der Waals surface area contributed by atoms with Gasteiger partial charge in [-0.15, -0.1) is 0 Å². The van der Waals surface area contributed by atoms with Crippen molar-refractivity contribution in [2.24, 2.45) is 17.6 Å². The zero-order valence-electron chi connectivity index (χ0n) is 12.3. The van der Waals surface area contributed by atoms with E-state index in [0.29, 0.717) is 24.8 Å². The second kappa shape index (κ2) is 7.41. The Hall–Kier alpha value is -1.62. The average Bonchev–Trinajstić information content (AvgIpc) is 2.93. The van der Waals surface area contributed by atoms with Crippen LogP contribution < -0.4 is 15.8 Å². The van der Waals surface area contributed by atoms with Gasteiger partial charge in [-0.25, -0.2) is 4.39 Å². The first-order valence-electron chi connectivity index (χ1n) is 7.50. The van der Waals surface area contributed by atoms with Gasteiger partial charge in [-0.3, -0.25) is 4.79 Å². The summed E-state index contributed by atoms with van der Waals surface area (Å²) in [5.74, 6) is 0.511. The van der Waals surface area contributed by atoms with Crippen LogP contribution in [0.2, 0.25) is 0 Å². The highest BCUT2D eigenvalue weighted by atomic mass is 19.1. The Morgan fingerprint density at radius 3 is 3.05 bits per heavy atom. The first-order valence-corrected chi connectivity index (χ1v) is 7.50. The number of hydrogen-bond acceptors (Lipinski definition) is 3. The molecule has 0 radical (unpaired) electrons. The third-order valence-electron chi connectivity index (χ3n) is 4.00. The van der Waals surface area contributed by atoms with E-state index in [1.807, 2.05) is 6.92 Å². The largest absolute Gasteiger partial charge is 0.489 e. The topological polar surface area (TPSA) is 64.4 Å². The van der Waals surface area contributed by atoms with Crippen molar-refractivity contribution >= 4 is 5.91 Å². The van der Waals surface area contributed by atoms with Crippen LogP contribution in [-0.4, -0.2) is 25.1 Å². The summed E-state index contributed by atoms with van der Waals surface area (Å²) < 4.78 is 18.6. The lowest BCUT2D eigenvalue weighted by Gasteiger charge is -2.20. The molecule has 2 rings (SSSR count). The Balaban J connectivity index is 1.78. The minimum absolute atomic E-state index is 0.0244. The highest BCUT2D eigenvalue weighted by Gasteiger charge is 2.31. The molecule has 0 heterocycles. The summed E-state index contributed by atoms with van der Waals surface area (Å²) in [4.78, 5) is 12.1. The van der Waals surface area contributed by atoms with E-state index >= 15 is 0 Å². The number of halogens is 1. The predicted octanol–water partition coefficient (Wildman–Crippen LogP) is 2.08. The van der Waals surface area contributed by atoms with E-state index in [9.17, 15) is 9.18 Å². The van der Waals surface area contributed by atoms with Gasteiger partial charge >= 0.3 is 0 Å². The number of amides is 1. The first-order chi connectivity index (χ1) is 10.1. The van der Waals surface area contributed by atoms with E-state index < -0.39 is 0 Å². The van der Waals surface area contributed by atoms with Crippen molar-refractivity contribution in [3.63, 3.8) is 0 Å². The zero-order valence-corrected chi connectivity index (χ0v) is 12.3. The Bertz CT molecular complexity index is 481. The maximum absolute atomic E-state index is 13.1. The van der Waals surface area contributed by atoms with Crippen LogP contribution in [0.25, 0.3) is 0 Å². The number of ether oxygens (including phenoxy) is 1. The van der Waals surface area contributed by atoms with Gasteiger partial charge in [-0.1, -0.05) is 12.5 Å². The summed E-state index contributed by atoms with van der Waals surface area (Å²) in [5, 5.41) is 2.91. The first kappa shape index (κ1) is 15.8. The number of carbonyl (C=O) groups excluding carboxylic acids is 1. The third-order valence-corrected chi connectivity index (χ3v) is 4.00. The van der Waals surface area contributed by atoms with Crippen molar-refractivity contribution < 1.29 is 13.9 Å². The van der Waals surface area contributed by atoms with Crippen LogP contribution >= 0.6 is 0 Å². The van der Waals surface area contributed by atoms with Crippen molar-refractivity contribution in [2.75, 3.05) is 13.1 Å². The quantitative estimate of drug-likeness (QED) is 0.844. The molecule has 4 nitrogen and oxygen atoms in total. The maximum Gasteiger partial charge on any atom is 0.223 e. The molecule has 0 aliphatic heterocycles. The van der Waals surface area contributed by atoms with Crippen molar-refractivity contribution in [2.45, 2.75) is 32.3 Å². The monoisotopic (exact) mass is 294 g/mol. The minimum Gasteiger partial charge on any atom is -0.489 e. The van der Waals surface area contributed by atoms with E-state index in [0.717, 1.165) is 19.3 Å². The summed E-state index contributed by atoms with van der Waals surface area (Å²) in [6, 6.07) is 6.00. The maximum atomic E-state index is 13.1. The SMILES string of the molecule is CC(CNC(=O)[C@@H]1CCC[C@@H]1CN)Oc1cccc(F)c1. The van der Waals surface area contributed by atoms with Gasteiger partial charge in [0.25, 0.3) is 0 Å². The Morgan fingerprint density at radius 2 is 2.33 bits per heavy atom. The molecular formula is C16H23FN2O2. The van der Waals surface area contributed by atoms with Gasteiger partial charge in [0, 0.05) is 12.0 Å². The molecule has 3 N–H and O–H groups in total. The molecule has 21 heavy (non-hydrogen) atoms. The zero-order chi connectivity index (χ0) is 15.2. The molecule has 3 atom stereocenters. The van der Waals surface area contributed by atoms with E-state index in [1.54, 1.807) is 12.1 Å². The fourth-order valence-electron chi connectivity index (χ4n) is 2.85. The normalized spacial score (nSPS) is 22.8. The molecule has 1 aromatic rings. The highest BCUT2D eigenvalue weighted by molar-refractivity contribution is 5.79. The van der Waals surface area contributed by atoms with Gasteiger partial charge in [0.2, 0.25) is 5.91 Å². The third kappa shape index (κ3) is 4.43. The van der Waals surface area contributed by atoms with E-state index in [-0.39, 0.29) is 23.7 Å². The van der Waals surface area contributed by atoms with Crippen LogP contribution in [0.5, 0.6) is 5.75 Å². The summed E-state index contributed by atoms with van der Waals surface area (Å²) in [7, 11) is 0. The molecule has 1 fully saturated rings. The van der Waals surface area contributed by atoms with Crippen molar-refractivity contribution in [3.05, 3.63) is 30.1 Å². The molecule has 0 saturated heterocycles. The molecule has 1 aliphatic rings. The number of nitrogens with one attached hydrogen (secondary N) is 1. The van der Waals surface area contributed by atoms with Gasteiger partial charge in [0.1, 0.15) is 17.7 Å². The molecule has 1 aliphatic carbocycles. The molecule has 5 heteroatoms. The summed E-state index contributed by atoms with van der Waals surface area (Å²) in [6.45, 7) is 2.82. The van der Waals surface area contributed by atoms with Crippen LogP contribution in [0.15, 0.2) is 24.3 Å². The molecule has 1 aromatic carbocycles. The summed E-state index contributed by atoms with van der Waals surface area (Å²) >= 11 is 0. The average molecular weight is 294 g/mol. The lowest BCUT2D eigenvalue weighted by Crippen LogP contribution is -2.39. The molecule has 0 spiro atoms. The minimum atomic E-state index is -0.333. The van der Waals surface area contributed by atoms with Crippen LogP contribution in [0, 0.1) is 17.7 Å². The Morgan fingerprint density at radius 1 is 1.52 bits per heavy atom. The van der Waals surface area contributed by atoms with Crippen LogP contribution in [0.4, 0.5) is 4.39 Å². The molecule has 0 bridgehead atoms. The number of benzene rings is 1. The van der Waals surface area contributed by atoms with Crippen LogP contribution in [-0.2, 0) is 4.79 Å². The van der Waals surface area contributed by atoms with Crippen LogP contribution in [0.1, 0.15) is 26.2 Å². The fraction of sp³-hybridized carbons (Fsp3) is 0.562.